The van der Waals surface area contributed by atoms with Gasteiger partial charge < -0.3 is 20.3 Å². The molecule has 0 aromatic heterocycles. The molecule has 39 heavy (non-hydrogen) atoms. The predicted octanol–water partition coefficient (Wildman–Crippen LogP) is 6.92. The van der Waals surface area contributed by atoms with E-state index in [0.717, 1.165) is 59.2 Å². The summed E-state index contributed by atoms with van der Waals surface area (Å²) in [6.45, 7) is 17.3. The molecule has 0 aliphatic carbocycles. The molecule has 0 spiro atoms. The molecular weight excluding hydrogens is 490 g/mol. The molecule has 7 heteroatoms. The fraction of sp³-hybridized carbons (Fsp3) is 0.531. The van der Waals surface area contributed by atoms with Crippen LogP contribution in [0.1, 0.15) is 94.2 Å². The smallest absolute Gasteiger partial charge is 0.408 e. The van der Waals surface area contributed by atoms with Crippen molar-refractivity contribution in [2.24, 2.45) is 0 Å². The topological polar surface area (TPSA) is 87.7 Å². The number of aryl methyl sites for hydroxylation is 4. The van der Waals surface area contributed by atoms with Crippen LogP contribution in [0.4, 0.5) is 10.5 Å². The molecule has 2 aromatic carbocycles. The number of rotatable bonds is 11. The van der Waals surface area contributed by atoms with Crippen LogP contribution >= 0.6 is 0 Å². The minimum atomic E-state index is -0.882. The van der Waals surface area contributed by atoms with Gasteiger partial charge in [0.15, 0.2) is 0 Å². The Balaban J connectivity index is 2.52. The van der Waals surface area contributed by atoms with Crippen LogP contribution < -0.4 is 10.6 Å². The maximum Gasteiger partial charge on any atom is 0.408 e. The highest BCUT2D eigenvalue weighted by molar-refractivity contribution is 6.00. The summed E-state index contributed by atoms with van der Waals surface area (Å²) in [7, 11) is 0. The first kappa shape index (κ1) is 31.9. The van der Waals surface area contributed by atoms with Crippen molar-refractivity contribution in [3.8, 4) is 0 Å². The van der Waals surface area contributed by atoms with Crippen molar-refractivity contribution < 1.29 is 19.1 Å². The van der Waals surface area contributed by atoms with E-state index < -0.39 is 23.8 Å². The minimum Gasteiger partial charge on any atom is -0.444 e. The number of alkyl carbamates (subject to hydrolysis) is 1. The predicted molar refractivity (Wildman–Crippen MR) is 158 cm³/mol. The van der Waals surface area contributed by atoms with Gasteiger partial charge in [0.25, 0.3) is 5.91 Å². The summed E-state index contributed by atoms with van der Waals surface area (Å²) in [6.07, 6.45) is 3.11. The summed E-state index contributed by atoms with van der Waals surface area (Å²) < 4.78 is 5.38. The molecule has 2 N–H and O–H groups in total. The molecule has 3 amide bonds. The summed E-state index contributed by atoms with van der Waals surface area (Å²) >= 11 is 0. The standard InChI is InChI=1S/C32H47N3O4/c1-10-11-12-13-19-35(30(37)25(6)33-31(38)39-32(7,8)9)28(26-18-17-21(2)20-24(26)5)29(36)34-27-22(3)15-14-16-23(27)4/h14-18,20,25,28H,10-13,19H2,1-9H3,(H,33,38)(H,34,36). The van der Waals surface area contributed by atoms with Gasteiger partial charge in [0.05, 0.1) is 0 Å². The Hall–Kier alpha value is -3.35. The Kier molecular flexibility index (Phi) is 11.6. The van der Waals surface area contributed by atoms with Crippen LogP contribution in [0.5, 0.6) is 0 Å². The Labute approximate surface area is 234 Å². The van der Waals surface area contributed by atoms with Crippen LogP contribution in [0.25, 0.3) is 0 Å². The molecule has 0 radical (unpaired) electrons. The van der Waals surface area contributed by atoms with E-state index in [1.807, 2.05) is 64.1 Å². The van der Waals surface area contributed by atoms with Gasteiger partial charge in [-0.3, -0.25) is 9.59 Å². The van der Waals surface area contributed by atoms with Gasteiger partial charge in [0.1, 0.15) is 17.7 Å². The van der Waals surface area contributed by atoms with Crippen molar-refractivity contribution in [3.05, 3.63) is 64.2 Å². The molecule has 2 atom stereocenters. The van der Waals surface area contributed by atoms with Gasteiger partial charge in [-0.05, 0) is 84.1 Å². The minimum absolute atomic E-state index is 0.285. The average molecular weight is 538 g/mol. The Morgan fingerprint density at radius 3 is 2.13 bits per heavy atom. The summed E-state index contributed by atoms with van der Waals surface area (Å²) in [5, 5.41) is 5.79. The number of hydrogen-bond acceptors (Lipinski definition) is 4. The van der Waals surface area contributed by atoms with E-state index in [-0.39, 0.29) is 11.8 Å². The Bertz CT molecular complexity index is 1130. The zero-order valence-corrected chi connectivity index (χ0v) is 25.2. The number of nitrogens with zero attached hydrogens (tertiary/aromatic N) is 1. The van der Waals surface area contributed by atoms with Gasteiger partial charge in [0.2, 0.25) is 5.91 Å². The second-order valence-corrected chi connectivity index (χ2v) is 11.5. The van der Waals surface area contributed by atoms with Gasteiger partial charge in [-0.25, -0.2) is 4.79 Å². The normalized spacial score (nSPS) is 12.8. The van der Waals surface area contributed by atoms with Crippen LogP contribution in [0.15, 0.2) is 36.4 Å². The van der Waals surface area contributed by atoms with Crippen LogP contribution in [0.3, 0.4) is 0 Å². The number of unbranched alkanes of at least 4 members (excludes halogenated alkanes) is 3. The van der Waals surface area contributed by atoms with Crippen molar-refractivity contribution in [2.75, 3.05) is 11.9 Å². The highest BCUT2D eigenvalue weighted by atomic mass is 16.6. The second kappa shape index (κ2) is 14.2. The number of para-hydroxylation sites is 1. The number of carbonyl (C=O) groups excluding carboxylic acids is 3. The summed E-state index contributed by atoms with van der Waals surface area (Å²) in [5.41, 5.74) is 4.71. The number of ether oxygens (including phenoxy) is 1. The maximum absolute atomic E-state index is 14.1. The van der Waals surface area contributed by atoms with E-state index in [0.29, 0.717) is 6.54 Å². The molecule has 0 fully saturated rings. The molecule has 2 rings (SSSR count). The van der Waals surface area contributed by atoms with Gasteiger partial charge in [-0.1, -0.05) is 68.1 Å². The molecule has 0 heterocycles. The first-order valence-corrected chi connectivity index (χ1v) is 14.0. The number of nitrogens with one attached hydrogen (secondary N) is 2. The molecule has 7 nitrogen and oxygen atoms in total. The van der Waals surface area contributed by atoms with Crippen LogP contribution in [-0.4, -0.2) is 41.0 Å². The average Bonchev–Trinajstić information content (AvgIpc) is 2.82. The lowest BCUT2D eigenvalue weighted by Crippen LogP contribution is -2.51. The highest BCUT2D eigenvalue weighted by Gasteiger charge is 2.35. The molecule has 0 bridgehead atoms. The highest BCUT2D eigenvalue weighted by Crippen LogP contribution is 2.30. The first-order valence-electron chi connectivity index (χ1n) is 14.0. The zero-order chi connectivity index (χ0) is 29.3. The van der Waals surface area contributed by atoms with Crippen molar-refractivity contribution in [2.45, 2.75) is 106 Å². The summed E-state index contributed by atoms with van der Waals surface area (Å²) in [6, 6.07) is 10.0. The van der Waals surface area contributed by atoms with E-state index >= 15 is 0 Å². The first-order chi connectivity index (χ1) is 18.2. The monoisotopic (exact) mass is 537 g/mol. The number of benzene rings is 2. The van der Waals surface area contributed by atoms with Crippen molar-refractivity contribution in [1.82, 2.24) is 10.2 Å². The third-order valence-electron chi connectivity index (χ3n) is 6.65. The SMILES string of the molecule is CCCCCCN(C(=O)C(C)NC(=O)OC(C)(C)C)C(C(=O)Nc1c(C)cccc1C)c1ccc(C)cc1C. The van der Waals surface area contributed by atoms with E-state index in [4.69, 9.17) is 4.74 Å². The van der Waals surface area contributed by atoms with Crippen molar-refractivity contribution >= 4 is 23.6 Å². The Morgan fingerprint density at radius 1 is 0.923 bits per heavy atom. The van der Waals surface area contributed by atoms with Crippen LogP contribution in [-0.2, 0) is 14.3 Å². The fourth-order valence-corrected chi connectivity index (χ4v) is 4.66. The van der Waals surface area contributed by atoms with E-state index in [2.05, 4.69) is 17.6 Å². The lowest BCUT2D eigenvalue weighted by molar-refractivity contribution is -0.140. The van der Waals surface area contributed by atoms with Crippen LogP contribution in [0.2, 0.25) is 0 Å². The van der Waals surface area contributed by atoms with Gasteiger partial charge in [-0.15, -0.1) is 0 Å². The molecule has 2 aromatic rings. The number of hydrogen-bond donors (Lipinski definition) is 2. The lowest BCUT2D eigenvalue weighted by Gasteiger charge is -2.34. The van der Waals surface area contributed by atoms with Crippen LogP contribution in [0, 0.1) is 27.7 Å². The third-order valence-corrected chi connectivity index (χ3v) is 6.65. The van der Waals surface area contributed by atoms with E-state index in [1.165, 1.54) is 0 Å². The van der Waals surface area contributed by atoms with Crippen molar-refractivity contribution in [1.29, 1.82) is 0 Å². The molecule has 2 unspecified atom stereocenters. The van der Waals surface area contributed by atoms with Gasteiger partial charge in [0, 0.05) is 12.2 Å². The fourth-order valence-electron chi connectivity index (χ4n) is 4.66. The number of carbonyl (C=O) groups is 3. The van der Waals surface area contributed by atoms with Crippen molar-refractivity contribution in [3.63, 3.8) is 0 Å². The molecule has 0 saturated heterocycles. The van der Waals surface area contributed by atoms with E-state index in [1.54, 1.807) is 32.6 Å². The maximum atomic E-state index is 14.1. The van der Waals surface area contributed by atoms with Gasteiger partial charge >= 0.3 is 6.09 Å². The Morgan fingerprint density at radius 2 is 1.56 bits per heavy atom. The summed E-state index contributed by atoms with van der Waals surface area (Å²) in [4.78, 5) is 42.2. The second-order valence-electron chi connectivity index (χ2n) is 11.5. The molecule has 0 aliphatic heterocycles. The molecular formula is C32H47N3O4. The molecule has 0 aliphatic rings. The third kappa shape index (κ3) is 9.41. The van der Waals surface area contributed by atoms with E-state index in [9.17, 15) is 14.4 Å². The number of anilines is 1. The molecule has 0 saturated carbocycles. The zero-order valence-electron chi connectivity index (χ0n) is 25.2. The number of amides is 3. The summed E-state index contributed by atoms with van der Waals surface area (Å²) in [5.74, 6) is -0.619. The largest absolute Gasteiger partial charge is 0.444 e. The van der Waals surface area contributed by atoms with Gasteiger partial charge in [-0.2, -0.15) is 0 Å². The molecule has 214 valence electrons. The lowest BCUT2D eigenvalue weighted by atomic mass is 9.95. The quantitative estimate of drug-likeness (QED) is 0.305.